The number of aryl methyl sites for hydroxylation is 1. The van der Waals surface area contributed by atoms with Gasteiger partial charge in [0.1, 0.15) is 0 Å². The van der Waals surface area contributed by atoms with Crippen LogP contribution in [-0.2, 0) is 5.41 Å². The summed E-state index contributed by atoms with van der Waals surface area (Å²) in [5.41, 5.74) is 6.84. The summed E-state index contributed by atoms with van der Waals surface area (Å²) in [6.45, 7) is 8.56. The summed E-state index contributed by atoms with van der Waals surface area (Å²) >= 11 is 0. The molecule has 43 heavy (non-hydrogen) atoms. The topological polar surface area (TPSA) is 112 Å². The van der Waals surface area contributed by atoms with E-state index < -0.39 is 0 Å². The van der Waals surface area contributed by atoms with E-state index in [0.29, 0.717) is 34.0 Å². The molecule has 0 unspecified atom stereocenters. The van der Waals surface area contributed by atoms with Gasteiger partial charge in [-0.2, -0.15) is 0 Å². The zero-order chi connectivity index (χ0) is 30.7. The first-order valence-electron chi connectivity index (χ1n) is 14.1. The predicted octanol–water partition coefficient (Wildman–Crippen LogP) is 6.06. The molecule has 2 aromatic heterocycles. The highest BCUT2D eigenvalue weighted by atomic mass is 16.3. The van der Waals surface area contributed by atoms with Crippen molar-refractivity contribution in [1.29, 1.82) is 0 Å². The molecule has 2 amide bonds. The molecule has 0 saturated carbocycles. The molecule has 5 rings (SSSR count). The third-order valence-electron chi connectivity index (χ3n) is 7.35. The van der Waals surface area contributed by atoms with E-state index >= 15 is 0 Å². The summed E-state index contributed by atoms with van der Waals surface area (Å²) < 4.78 is 1.89. The fraction of sp³-hybridized carbons (Fsp3) is 0.235. The molecule has 9 nitrogen and oxygen atoms in total. The van der Waals surface area contributed by atoms with Gasteiger partial charge < -0.3 is 25.0 Å². The van der Waals surface area contributed by atoms with Crippen LogP contribution in [0.5, 0.6) is 0 Å². The van der Waals surface area contributed by atoms with Crippen LogP contribution in [0.1, 0.15) is 52.6 Å². The number of nitrogens with one attached hydrogen (secondary N) is 2. The molecule has 0 fully saturated rings. The highest BCUT2D eigenvalue weighted by Crippen LogP contribution is 2.29. The molecular formula is C34H36N6O3. The molecule has 0 atom stereocenters. The van der Waals surface area contributed by atoms with Gasteiger partial charge >= 0.3 is 0 Å². The number of carbonyl (C=O) groups is 2. The van der Waals surface area contributed by atoms with Crippen LogP contribution in [0.2, 0.25) is 0 Å². The Labute approximate surface area is 251 Å². The van der Waals surface area contributed by atoms with Gasteiger partial charge in [0.25, 0.3) is 11.8 Å². The van der Waals surface area contributed by atoms with Gasteiger partial charge in [-0.25, -0.2) is 9.97 Å². The largest absolute Gasteiger partial charge is 0.395 e. The van der Waals surface area contributed by atoms with E-state index in [2.05, 4.69) is 36.4 Å². The van der Waals surface area contributed by atoms with Crippen molar-refractivity contribution in [2.24, 2.45) is 0 Å². The maximum atomic E-state index is 13.1. The fourth-order valence-electron chi connectivity index (χ4n) is 4.69. The third-order valence-corrected chi connectivity index (χ3v) is 7.35. The monoisotopic (exact) mass is 576 g/mol. The minimum atomic E-state index is -0.175. The van der Waals surface area contributed by atoms with E-state index in [1.165, 1.54) is 10.5 Å². The molecule has 0 aliphatic rings. The van der Waals surface area contributed by atoms with Crippen molar-refractivity contribution in [3.8, 4) is 11.3 Å². The van der Waals surface area contributed by atoms with Crippen LogP contribution in [0.3, 0.4) is 0 Å². The smallest absolute Gasteiger partial charge is 0.255 e. The molecule has 9 heteroatoms. The summed E-state index contributed by atoms with van der Waals surface area (Å²) in [5.74, 6) is 0.204. The number of aromatic nitrogens is 3. The van der Waals surface area contributed by atoms with Gasteiger partial charge in [-0.1, -0.05) is 45.0 Å². The van der Waals surface area contributed by atoms with Crippen molar-refractivity contribution in [2.45, 2.75) is 33.1 Å². The van der Waals surface area contributed by atoms with Crippen molar-refractivity contribution in [1.82, 2.24) is 19.3 Å². The van der Waals surface area contributed by atoms with E-state index in [1.54, 1.807) is 37.5 Å². The maximum Gasteiger partial charge on any atom is 0.255 e. The van der Waals surface area contributed by atoms with E-state index in [0.717, 1.165) is 16.8 Å². The first kappa shape index (κ1) is 29.5. The number of rotatable bonds is 8. The summed E-state index contributed by atoms with van der Waals surface area (Å²) in [5, 5.41) is 15.5. The number of amides is 2. The van der Waals surface area contributed by atoms with Gasteiger partial charge in [0.2, 0.25) is 0 Å². The van der Waals surface area contributed by atoms with Crippen LogP contribution >= 0.6 is 0 Å². The Hall–Kier alpha value is -5.02. The molecule has 0 bridgehead atoms. The average Bonchev–Trinajstić information content (AvgIpc) is 3.47. The molecule has 3 aromatic carbocycles. The van der Waals surface area contributed by atoms with E-state index in [-0.39, 0.29) is 30.4 Å². The van der Waals surface area contributed by atoms with Crippen molar-refractivity contribution >= 4 is 34.7 Å². The zero-order valence-electron chi connectivity index (χ0n) is 25.0. The summed E-state index contributed by atoms with van der Waals surface area (Å²) in [7, 11) is 1.65. The van der Waals surface area contributed by atoms with Gasteiger partial charge in [0, 0.05) is 60.2 Å². The summed E-state index contributed by atoms with van der Waals surface area (Å²) in [6, 6.07) is 20.7. The Morgan fingerprint density at radius 1 is 0.977 bits per heavy atom. The van der Waals surface area contributed by atoms with Crippen molar-refractivity contribution in [3.05, 3.63) is 108 Å². The van der Waals surface area contributed by atoms with Gasteiger partial charge in [-0.05, 0) is 65.9 Å². The molecule has 0 aliphatic carbocycles. The molecule has 0 aliphatic heterocycles. The molecule has 2 heterocycles. The van der Waals surface area contributed by atoms with Crippen LogP contribution in [0, 0.1) is 6.92 Å². The van der Waals surface area contributed by atoms with E-state index in [9.17, 15) is 9.59 Å². The summed E-state index contributed by atoms with van der Waals surface area (Å²) in [6.07, 6.45) is 5.45. The highest BCUT2D eigenvalue weighted by molar-refractivity contribution is 6.05. The number of hydrogen-bond acceptors (Lipinski definition) is 6. The standard InChI is InChI=1S/C34H36N6O3/c1-22-6-7-25(20-28(22)38-32(42)23-8-12-26(13-9-23)34(2,3)4)29-21-40-17-16-35-31(40)30(37-29)36-27-14-10-24(11-15-27)33(43)39(5)18-19-41/h6-17,20-21,41H,18-19H2,1-5H3,(H,36,37)(H,38,42). The first-order valence-corrected chi connectivity index (χ1v) is 14.1. The predicted molar refractivity (Wildman–Crippen MR) is 170 cm³/mol. The number of fused-ring (bicyclic) bond motifs is 1. The number of aliphatic hydroxyl groups excluding tert-OH is 1. The minimum absolute atomic E-state index is 0.0110. The number of aliphatic hydroxyl groups is 1. The Balaban J connectivity index is 1.40. The molecule has 5 aromatic rings. The Morgan fingerprint density at radius 3 is 2.35 bits per heavy atom. The second kappa shape index (κ2) is 12.1. The van der Waals surface area contributed by atoms with Crippen molar-refractivity contribution < 1.29 is 14.7 Å². The highest BCUT2D eigenvalue weighted by Gasteiger charge is 2.16. The quantitative estimate of drug-likeness (QED) is 0.207. The lowest BCUT2D eigenvalue weighted by Crippen LogP contribution is -2.29. The van der Waals surface area contributed by atoms with Crippen LogP contribution in [0.15, 0.2) is 85.3 Å². The second-order valence-electron chi connectivity index (χ2n) is 11.6. The lowest BCUT2D eigenvalue weighted by molar-refractivity contribution is 0.0767. The number of benzene rings is 3. The van der Waals surface area contributed by atoms with Crippen LogP contribution in [-0.4, -0.2) is 56.4 Å². The summed E-state index contributed by atoms with van der Waals surface area (Å²) in [4.78, 5) is 36.5. The first-order chi connectivity index (χ1) is 20.5. The van der Waals surface area contributed by atoms with Gasteiger partial charge in [-0.15, -0.1) is 0 Å². The third kappa shape index (κ3) is 6.57. The lowest BCUT2D eigenvalue weighted by Gasteiger charge is -2.19. The SMILES string of the molecule is Cc1ccc(-c2cn3ccnc3c(Nc3ccc(C(=O)N(C)CCO)cc3)n2)cc1NC(=O)c1ccc(C(C)(C)C)cc1. The van der Waals surface area contributed by atoms with Crippen LogP contribution in [0.25, 0.3) is 16.9 Å². The van der Waals surface area contributed by atoms with E-state index in [1.807, 2.05) is 66.2 Å². The van der Waals surface area contributed by atoms with Crippen LogP contribution < -0.4 is 10.6 Å². The number of carbonyl (C=O) groups excluding carboxylic acids is 2. The Kier molecular flexibility index (Phi) is 8.27. The average molecular weight is 577 g/mol. The van der Waals surface area contributed by atoms with Gasteiger partial charge in [0.05, 0.1) is 12.3 Å². The van der Waals surface area contributed by atoms with Crippen molar-refractivity contribution in [2.75, 3.05) is 30.8 Å². The number of hydrogen-bond donors (Lipinski definition) is 3. The van der Waals surface area contributed by atoms with Crippen molar-refractivity contribution in [3.63, 3.8) is 0 Å². The van der Waals surface area contributed by atoms with E-state index in [4.69, 9.17) is 10.1 Å². The zero-order valence-corrected chi connectivity index (χ0v) is 25.0. The minimum Gasteiger partial charge on any atom is -0.395 e. The number of imidazole rings is 1. The molecule has 0 saturated heterocycles. The van der Waals surface area contributed by atoms with Gasteiger partial charge in [0.15, 0.2) is 11.5 Å². The second-order valence-corrected chi connectivity index (χ2v) is 11.6. The number of anilines is 3. The normalized spacial score (nSPS) is 11.4. The Bertz CT molecular complexity index is 1770. The fourth-order valence-corrected chi connectivity index (χ4v) is 4.69. The molecule has 0 radical (unpaired) electrons. The molecule has 220 valence electrons. The molecule has 0 spiro atoms. The maximum absolute atomic E-state index is 13.1. The molecule has 3 N–H and O–H groups in total. The molecular weight excluding hydrogens is 540 g/mol. The number of likely N-dealkylation sites (N-methyl/N-ethyl adjacent to an activating group) is 1. The number of nitrogens with zero attached hydrogens (tertiary/aromatic N) is 4. The lowest BCUT2D eigenvalue weighted by atomic mass is 9.86. The van der Waals surface area contributed by atoms with Gasteiger partial charge in [-0.3, -0.25) is 9.59 Å². The Morgan fingerprint density at radius 2 is 1.67 bits per heavy atom. The van der Waals surface area contributed by atoms with Crippen LogP contribution in [0.4, 0.5) is 17.2 Å².